The van der Waals surface area contributed by atoms with E-state index in [1.165, 1.54) is 0 Å². The molecular formula is C11H16N6O. The van der Waals surface area contributed by atoms with Crippen molar-refractivity contribution in [2.75, 3.05) is 10.7 Å². The zero-order valence-electron chi connectivity index (χ0n) is 10.6. The second kappa shape index (κ2) is 5.01. The quantitative estimate of drug-likeness (QED) is 0.553. The number of nitrogens with two attached hydrogens (primary N) is 1. The third kappa shape index (κ3) is 2.40. The molecule has 0 atom stereocenters. The Morgan fingerprint density at radius 3 is 2.72 bits per heavy atom. The summed E-state index contributed by atoms with van der Waals surface area (Å²) in [6, 6.07) is 0. The van der Waals surface area contributed by atoms with Gasteiger partial charge in [0.15, 0.2) is 0 Å². The fraction of sp³-hybridized carbons (Fsp3) is 0.364. The summed E-state index contributed by atoms with van der Waals surface area (Å²) in [4.78, 5) is 8.26. The lowest BCUT2D eigenvalue weighted by molar-refractivity contribution is 0.392. The van der Waals surface area contributed by atoms with Crippen LogP contribution in [0.3, 0.4) is 0 Å². The highest BCUT2D eigenvalue weighted by Crippen LogP contribution is 2.17. The summed E-state index contributed by atoms with van der Waals surface area (Å²) in [6.07, 6.45) is 1.71. The van der Waals surface area contributed by atoms with Crippen LogP contribution >= 0.6 is 0 Å². The Kier molecular flexibility index (Phi) is 3.42. The van der Waals surface area contributed by atoms with E-state index in [4.69, 9.17) is 10.4 Å². The number of nitrogen functional groups attached to an aromatic ring is 1. The lowest BCUT2D eigenvalue weighted by Crippen LogP contribution is -2.13. The van der Waals surface area contributed by atoms with Crippen LogP contribution in [0.25, 0.3) is 0 Å². The van der Waals surface area contributed by atoms with Crippen molar-refractivity contribution >= 4 is 11.8 Å². The van der Waals surface area contributed by atoms with Crippen LogP contribution in [0, 0.1) is 20.8 Å². The zero-order valence-corrected chi connectivity index (χ0v) is 10.6. The van der Waals surface area contributed by atoms with Crippen LogP contribution in [0.1, 0.15) is 22.6 Å². The van der Waals surface area contributed by atoms with Crippen LogP contribution in [0.5, 0.6) is 0 Å². The number of anilines is 2. The van der Waals surface area contributed by atoms with Crippen LogP contribution in [0.15, 0.2) is 10.7 Å². The number of nitrogens with zero attached hydrogens (tertiary/aromatic N) is 3. The summed E-state index contributed by atoms with van der Waals surface area (Å²) in [6.45, 7) is 6.32. The number of aromatic nitrogens is 3. The van der Waals surface area contributed by atoms with Crippen molar-refractivity contribution in [3.63, 3.8) is 0 Å². The van der Waals surface area contributed by atoms with Gasteiger partial charge in [-0.15, -0.1) is 0 Å². The number of aryl methyl sites for hydroxylation is 3. The highest BCUT2D eigenvalue weighted by atomic mass is 16.5. The Morgan fingerprint density at radius 1 is 1.33 bits per heavy atom. The van der Waals surface area contributed by atoms with Crippen LogP contribution in [-0.2, 0) is 6.54 Å². The van der Waals surface area contributed by atoms with Gasteiger partial charge in [-0.3, -0.25) is 5.43 Å². The summed E-state index contributed by atoms with van der Waals surface area (Å²) in [5.74, 6) is 7.20. The molecule has 7 nitrogen and oxygen atoms in total. The van der Waals surface area contributed by atoms with Gasteiger partial charge in [-0.25, -0.2) is 10.8 Å². The van der Waals surface area contributed by atoms with E-state index < -0.39 is 0 Å². The van der Waals surface area contributed by atoms with Crippen molar-refractivity contribution in [3.8, 4) is 0 Å². The molecule has 0 amide bonds. The first-order chi connectivity index (χ1) is 8.61. The first kappa shape index (κ1) is 12.3. The van der Waals surface area contributed by atoms with Gasteiger partial charge in [-0.1, -0.05) is 5.16 Å². The second-order valence-electron chi connectivity index (χ2n) is 4.03. The summed E-state index contributed by atoms with van der Waals surface area (Å²) >= 11 is 0. The van der Waals surface area contributed by atoms with Gasteiger partial charge in [0.1, 0.15) is 11.6 Å². The van der Waals surface area contributed by atoms with Crippen molar-refractivity contribution in [3.05, 3.63) is 28.8 Å². The number of hydrogen-bond donors (Lipinski definition) is 3. The second-order valence-corrected chi connectivity index (χ2v) is 4.03. The van der Waals surface area contributed by atoms with Gasteiger partial charge < -0.3 is 9.84 Å². The molecule has 0 aliphatic rings. The summed E-state index contributed by atoms with van der Waals surface area (Å²) in [5, 5.41) is 7.13. The predicted octanol–water partition coefficient (Wildman–Crippen LogP) is 1.29. The molecule has 0 radical (unpaired) electrons. The van der Waals surface area contributed by atoms with Gasteiger partial charge in [0.05, 0.1) is 5.69 Å². The molecule has 96 valence electrons. The highest BCUT2D eigenvalue weighted by molar-refractivity contribution is 5.46. The van der Waals surface area contributed by atoms with Crippen LogP contribution < -0.4 is 16.6 Å². The lowest BCUT2D eigenvalue weighted by atomic mass is 10.2. The molecule has 2 aromatic heterocycles. The third-order valence-corrected chi connectivity index (χ3v) is 2.71. The molecule has 0 unspecified atom stereocenters. The van der Waals surface area contributed by atoms with E-state index in [0.29, 0.717) is 12.5 Å². The first-order valence-corrected chi connectivity index (χ1v) is 5.57. The minimum absolute atomic E-state index is 0.377. The monoisotopic (exact) mass is 248 g/mol. The number of nitrogens with one attached hydrogen (secondary N) is 2. The molecule has 4 N–H and O–H groups in total. The maximum absolute atomic E-state index is 5.28. The van der Waals surface area contributed by atoms with Gasteiger partial charge >= 0.3 is 0 Å². The topological polar surface area (TPSA) is 102 Å². The van der Waals surface area contributed by atoms with Crippen molar-refractivity contribution in [1.29, 1.82) is 0 Å². The minimum atomic E-state index is 0.377. The molecule has 2 aromatic rings. The SMILES string of the molecule is Cc1cnc(NN)nc1NCc1c(C)noc1C. The van der Waals surface area contributed by atoms with E-state index in [0.717, 1.165) is 28.4 Å². The molecule has 0 fully saturated rings. The molecule has 18 heavy (non-hydrogen) atoms. The summed E-state index contributed by atoms with van der Waals surface area (Å²) in [7, 11) is 0. The van der Waals surface area contributed by atoms with Crippen molar-refractivity contribution in [1.82, 2.24) is 15.1 Å². The molecule has 7 heteroatoms. The Morgan fingerprint density at radius 2 is 2.11 bits per heavy atom. The molecular weight excluding hydrogens is 232 g/mol. The fourth-order valence-corrected chi connectivity index (χ4v) is 1.62. The Balaban J connectivity index is 2.15. The Hall–Kier alpha value is -2.15. The van der Waals surface area contributed by atoms with Crippen molar-refractivity contribution in [2.45, 2.75) is 27.3 Å². The van der Waals surface area contributed by atoms with Crippen LogP contribution in [0.2, 0.25) is 0 Å². The third-order valence-electron chi connectivity index (χ3n) is 2.71. The smallest absolute Gasteiger partial charge is 0.239 e. The Labute approximate surface area is 105 Å². The maximum Gasteiger partial charge on any atom is 0.239 e. The van der Waals surface area contributed by atoms with Crippen LogP contribution in [-0.4, -0.2) is 15.1 Å². The highest BCUT2D eigenvalue weighted by Gasteiger charge is 2.10. The van der Waals surface area contributed by atoms with Gasteiger partial charge in [0.25, 0.3) is 0 Å². The Bertz CT molecular complexity index is 531. The normalized spacial score (nSPS) is 10.4. The first-order valence-electron chi connectivity index (χ1n) is 5.57. The van der Waals surface area contributed by atoms with E-state index in [9.17, 15) is 0 Å². The molecule has 2 heterocycles. The zero-order chi connectivity index (χ0) is 13.1. The van der Waals surface area contributed by atoms with Gasteiger partial charge in [-0.2, -0.15) is 4.98 Å². The van der Waals surface area contributed by atoms with E-state index >= 15 is 0 Å². The molecule has 2 rings (SSSR count). The van der Waals surface area contributed by atoms with Crippen molar-refractivity contribution in [2.24, 2.45) is 5.84 Å². The standard InChI is InChI=1S/C11H16N6O/c1-6-4-14-11(16-12)15-10(6)13-5-9-7(2)17-18-8(9)3/h4H,5,12H2,1-3H3,(H2,13,14,15,16). The average molecular weight is 248 g/mol. The summed E-state index contributed by atoms with van der Waals surface area (Å²) < 4.78 is 5.10. The largest absolute Gasteiger partial charge is 0.365 e. The average Bonchev–Trinajstić information content (AvgIpc) is 2.68. The van der Waals surface area contributed by atoms with Gasteiger partial charge in [0, 0.05) is 23.9 Å². The predicted molar refractivity (Wildman–Crippen MR) is 67.9 cm³/mol. The molecule has 0 saturated heterocycles. The lowest BCUT2D eigenvalue weighted by Gasteiger charge is -2.09. The maximum atomic E-state index is 5.28. The minimum Gasteiger partial charge on any atom is -0.365 e. The van der Waals surface area contributed by atoms with E-state index in [1.807, 2.05) is 20.8 Å². The number of hydrazine groups is 1. The molecule has 0 bridgehead atoms. The van der Waals surface area contributed by atoms with E-state index in [2.05, 4.69) is 25.9 Å². The summed E-state index contributed by atoms with van der Waals surface area (Å²) in [5.41, 5.74) is 5.28. The number of rotatable bonds is 4. The van der Waals surface area contributed by atoms with Gasteiger partial charge in [0.2, 0.25) is 5.95 Å². The molecule has 0 aromatic carbocycles. The molecule has 0 saturated carbocycles. The van der Waals surface area contributed by atoms with Gasteiger partial charge in [-0.05, 0) is 20.8 Å². The molecule has 0 aliphatic carbocycles. The number of hydrogen-bond acceptors (Lipinski definition) is 7. The van der Waals surface area contributed by atoms with E-state index in [-0.39, 0.29) is 0 Å². The van der Waals surface area contributed by atoms with E-state index in [1.54, 1.807) is 6.20 Å². The van der Waals surface area contributed by atoms with Crippen LogP contribution in [0.4, 0.5) is 11.8 Å². The molecule has 0 spiro atoms. The molecule has 0 aliphatic heterocycles. The fourth-order valence-electron chi connectivity index (χ4n) is 1.62. The van der Waals surface area contributed by atoms with Crippen molar-refractivity contribution < 1.29 is 4.52 Å².